The standard InChI is InChI=1S/C23H26N4O2/c1-16(2)29-20-11-9-19(10-12-20)26-22(28)21-15-17(3)25-23(27-21)24-14-13-18-7-5-4-6-8-18/h4-12,15-16H,13-14H2,1-3H3,(H,26,28)(H,24,25,27). The molecule has 0 spiro atoms. The van der Waals surface area contributed by atoms with Crippen LogP contribution in [0.1, 0.15) is 35.6 Å². The van der Waals surface area contributed by atoms with E-state index in [0.717, 1.165) is 17.9 Å². The molecule has 0 radical (unpaired) electrons. The fourth-order valence-electron chi connectivity index (χ4n) is 2.81. The van der Waals surface area contributed by atoms with E-state index in [2.05, 4.69) is 32.7 Å². The summed E-state index contributed by atoms with van der Waals surface area (Å²) < 4.78 is 5.62. The zero-order valence-corrected chi connectivity index (χ0v) is 17.0. The van der Waals surface area contributed by atoms with Gasteiger partial charge in [0.2, 0.25) is 5.95 Å². The summed E-state index contributed by atoms with van der Waals surface area (Å²) >= 11 is 0. The predicted molar refractivity (Wildman–Crippen MR) is 116 cm³/mol. The number of aryl methyl sites for hydroxylation is 1. The van der Waals surface area contributed by atoms with Crippen molar-refractivity contribution in [3.63, 3.8) is 0 Å². The third-order valence-electron chi connectivity index (χ3n) is 4.11. The summed E-state index contributed by atoms with van der Waals surface area (Å²) in [7, 11) is 0. The van der Waals surface area contributed by atoms with Gasteiger partial charge in [0.05, 0.1) is 6.10 Å². The van der Waals surface area contributed by atoms with Gasteiger partial charge in [0.25, 0.3) is 5.91 Å². The van der Waals surface area contributed by atoms with Gasteiger partial charge in [-0.2, -0.15) is 0 Å². The highest BCUT2D eigenvalue weighted by Gasteiger charge is 2.11. The van der Waals surface area contributed by atoms with Crippen molar-refractivity contribution in [3.8, 4) is 5.75 Å². The number of rotatable bonds is 8. The van der Waals surface area contributed by atoms with E-state index in [4.69, 9.17) is 4.74 Å². The van der Waals surface area contributed by atoms with E-state index in [1.807, 2.05) is 63.2 Å². The molecule has 1 aromatic heterocycles. The Balaban J connectivity index is 1.61. The molecule has 0 saturated carbocycles. The number of amides is 1. The van der Waals surface area contributed by atoms with Crippen LogP contribution < -0.4 is 15.4 Å². The topological polar surface area (TPSA) is 76.1 Å². The number of nitrogens with one attached hydrogen (secondary N) is 2. The first kappa shape index (κ1) is 20.3. The summed E-state index contributed by atoms with van der Waals surface area (Å²) in [5.74, 6) is 0.937. The smallest absolute Gasteiger partial charge is 0.274 e. The maximum atomic E-state index is 12.6. The highest BCUT2D eigenvalue weighted by atomic mass is 16.5. The first-order valence-electron chi connectivity index (χ1n) is 9.71. The second kappa shape index (κ2) is 9.68. The zero-order valence-electron chi connectivity index (χ0n) is 17.0. The van der Waals surface area contributed by atoms with Gasteiger partial charge < -0.3 is 15.4 Å². The lowest BCUT2D eigenvalue weighted by Gasteiger charge is -2.11. The molecular weight excluding hydrogens is 364 g/mol. The van der Waals surface area contributed by atoms with Crippen molar-refractivity contribution >= 4 is 17.5 Å². The molecule has 0 aliphatic heterocycles. The van der Waals surface area contributed by atoms with Crippen LogP contribution in [0.4, 0.5) is 11.6 Å². The first-order chi connectivity index (χ1) is 14.0. The van der Waals surface area contributed by atoms with Crippen LogP contribution in [-0.4, -0.2) is 28.5 Å². The van der Waals surface area contributed by atoms with Crippen LogP contribution in [0.15, 0.2) is 60.7 Å². The third-order valence-corrected chi connectivity index (χ3v) is 4.11. The SMILES string of the molecule is Cc1cc(C(=O)Nc2ccc(OC(C)C)cc2)nc(NCCc2ccccc2)n1. The van der Waals surface area contributed by atoms with E-state index >= 15 is 0 Å². The summed E-state index contributed by atoms with van der Waals surface area (Å²) in [6, 6.07) is 19.1. The molecule has 1 heterocycles. The average molecular weight is 390 g/mol. The third kappa shape index (κ3) is 6.31. The van der Waals surface area contributed by atoms with Crippen molar-refractivity contribution in [1.29, 1.82) is 0 Å². The number of hydrogen-bond acceptors (Lipinski definition) is 5. The van der Waals surface area contributed by atoms with Crippen LogP contribution in [0.5, 0.6) is 5.75 Å². The number of benzene rings is 2. The van der Waals surface area contributed by atoms with Crippen LogP contribution in [0, 0.1) is 6.92 Å². The van der Waals surface area contributed by atoms with Gasteiger partial charge in [-0.1, -0.05) is 30.3 Å². The molecule has 0 unspecified atom stereocenters. The van der Waals surface area contributed by atoms with Crippen LogP contribution in [0.3, 0.4) is 0 Å². The molecule has 0 saturated heterocycles. The van der Waals surface area contributed by atoms with Gasteiger partial charge in [0.1, 0.15) is 11.4 Å². The largest absolute Gasteiger partial charge is 0.491 e. The lowest BCUT2D eigenvalue weighted by Crippen LogP contribution is -2.17. The Labute approximate surface area is 171 Å². The molecule has 0 aliphatic rings. The summed E-state index contributed by atoms with van der Waals surface area (Å²) in [6.45, 7) is 6.47. The van der Waals surface area contributed by atoms with E-state index < -0.39 is 0 Å². The first-order valence-corrected chi connectivity index (χ1v) is 9.71. The van der Waals surface area contributed by atoms with E-state index in [1.165, 1.54) is 5.56 Å². The van der Waals surface area contributed by atoms with Gasteiger partial charge in [0.15, 0.2) is 0 Å². The number of carbonyl (C=O) groups is 1. The van der Waals surface area contributed by atoms with E-state index in [1.54, 1.807) is 6.07 Å². The Hall–Kier alpha value is -3.41. The number of carbonyl (C=O) groups excluding carboxylic acids is 1. The zero-order chi connectivity index (χ0) is 20.6. The van der Waals surface area contributed by atoms with Crippen molar-refractivity contribution in [2.24, 2.45) is 0 Å². The molecule has 3 aromatic rings. The summed E-state index contributed by atoms with van der Waals surface area (Å²) in [5.41, 5.74) is 2.96. The number of aromatic nitrogens is 2. The normalized spacial score (nSPS) is 10.6. The minimum Gasteiger partial charge on any atom is -0.491 e. The molecule has 6 heteroatoms. The molecule has 2 aromatic carbocycles. The van der Waals surface area contributed by atoms with Gasteiger partial charge in [-0.05, 0) is 63.1 Å². The summed E-state index contributed by atoms with van der Waals surface area (Å²) in [4.78, 5) is 21.3. The van der Waals surface area contributed by atoms with Crippen molar-refractivity contribution in [2.45, 2.75) is 33.3 Å². The summed E-state index contributed by atoms with van der Waals surface area (Å²) in [6.07, 6.45) is 0.956. The molecule has 6 nitrogen and oxygen atoms in total. The van der Waals surface area contributed by atoms with Crippen molar-refractivity contribution in [1.82, 2.24) is 9.97 Å². The lowest BCUT2D eigenvalue weighted by molar-refractivity contribution is 0.102. The minimum atomic E-state index is -0.279. The lowest BCUT2D eigenvalue weighted by atomic mass is 10.1. The second-order valence-corrected chi connectivity index (χ2v) is 7.03. The molecule has 0 bridgehead atoms. The van der Waals surface area contributed by atoms with Gasteiger partial charge in [-0.25, -0.2) is 9.97 Å². The highest BCUT2D eigenvalue weighted by molar-refractivity contribution is 6.03. The van der Waals surface area contributed by atoms with Crippen LogP contribution in [0.25, 0.3) is 0 Å². The quantitative estimate of drug-likeness (QED) is 0.593. The molecular formula is C23H26N4O2. The molecule has 3 rings (SSSR count). The van der Waals surface area contributed by atoms with Crippen LogP contribution >= 0.6 is 0 Å². The van der Waals surface area contributed by atoms with Gasteiger partial charge >= 0.3 is 0 Å². The van der Waals surface area contributed by atoms with Crippen LogP contribution in [0.2, 0.25) is 0 Å². The average Bonchev–Trinajstić information content (AvgIpc) is 2.69. The molecule has 29 heavy (non-hydrogen) atoms. The Morgan fingerprint density at radius 2 is 1.76 bits per heavy atom. The Morgan fingerprint density at radius 1 is 1.03 bits per heavy atom. The Morgan fingerprint density at radius 3 is 2.45 bits per heavy atom. The van der Waals surface area contributed by atoms with Gasteiger partial charge in [-0.15, -0.1) is 0 Å². The fourth-order valence-corrected chi connectivity index (χ4v) is 2.81. The fraction of sp³-hybridized carbons (Fsp3) is 0.261. The molecule has 0 aliphatic carbocycles. The monoisotopic (exact) mass is 390 g/mol. The second-order valence-electron chi connectivity index (χ2n) is 7.03. The van der Waals surface area contributed by atoms with E-state index in [9.17, 15) is 4.79 Å². The number of nitrogens with zero attached hydrogens (tertiary/aromatic N) is 2. The Kier molecular flexibility index (Phi) is 6.79. The van der Waals surface area contributed by atoms with Gasteiger partial charge in [-0.3, -0.25) is 4.79 Å². The molecule has 0 fully saturated rings. The van der Waals surface area contributed by atoms with Crippen molar-refractivity contribution in [2.75, 3.05) is 17.2 Å². The van der Waals surface area contributed by atoms with Crippen molar-refractivity contribution < 1.29 is 9.53 Å². The molecule has 150 valence electrons. The molecule has 1 amide bonds. The van der Waals surface area contributed by atoms with Gasteiger partial charge in [0, 0.05) is 17.9 Å². The summed E-state index contributed by atoms with van der Waals surface area (Å²) in [5, 5.41) is 6.06. The number of ether oxygens (including phenoxy) is 1. The Bertz CT molecular complexity index is 941. The van der Waals surface area contributed by atoms with Crippen LogP contribution in [-0.2, 0) is 6.42 Å². The van der Waals surface area contributed by atoms with E-state index in [-0.39, 0.29) is 12.0 Å². The molecule has 2 N–H and O–H groups in total. The maximum absolute atomic E-state index is 12.6. The maximum Gasteiger partial charge on any atom is 0.274 e. The highest BCUT2D eigenvalue weighted by Crippen LogP contribution is 2.17. The number of hydrogen-bond donors (Lipinski definition) is 2. The van der Waals surface area contributed by atoms with Crippen molar-refractivity contribution in [3.05, 3.63) is 77.6 Å². The minimum absolute atomic E-state index is 0.104. The van der Waals surface area contributed by atoms with E-state index in [0.29, 0.717) is 23.9 Å². The molecule has 0 atom stereocenters. The number of anilines is 2. The predicted octanol–water partition coefficient (Wildman–Crippen LogP) is 4.48.